The van der Waals surface area contributed by atoms with E-state index in [0.717, 1.165) is 19.5 Å². The summed E-state index contributed by atoms with van der Waals surface area (Å²) in [6, 6.07) is 22.4. The molecule has 24 heavy (non-hydrogen) atoms. The van der Waals surface area contributed by atoms with Crippen molar-refractivity contribution in [3.8, 4) is 18.6 Å². The van der Waals surface area contributed by atoms with E-state index in [0.29, 0.717) is 5.75 Å². The van der Waals surface area contributed by atoms with Crippen molar-refractivity contribution in [3.63, 3.8) is 0 Å². The van der Waals surface area contributed by atoms with E-state index in [2.05, 4.69) is 73.3 Å². The van der Waals surface area contributed by atoms with Gasteiger partial charge in [0, 0.05) is 13.1 Å². The monoisotopic (exact) mass is 317 g/mol. The van der Waals surface area contributed by atoms with Crippen LogP contribution in [-0.2, 0) is 13.0 Å². The van der Waals surface area contributed by atoms with Gasteiger partial charge >= 0.3 is 0 Å². The number of terminal acetylenes is 1. The molecule has 0 spiro atoms. The number of benzene rings is 3. The fourth-order valence-corrected chi connectivity index (χ4v) is 2.82. The molecule has 0 radical (unpaired) electrons. The molecule has 0 saturated heterocycles. The van der Waals surface area contributed by atoms with Crippen LogP contribution in [0.4, 0.5) is 0 Å². The quantitative estimate of drug-likeness (QED) is 0.618. The summed E-state index contributed by atoms with van der Waals surface area (Å²) >= 11 is 0. The Bertz CT molecular complexity index is 742. The molecule has 0 amide bonds. The summed E-state index contributed by atoms with van der Waals surface area (Å²) in [5, 5.41) is 11.9. The zero-order chi connectivity index (χ0) is 17.4. The van der Waals surface area contributed by atoms with E-state index in [9.17, 15) is 5.11 Å². The van der Waals surface area contributed by atoms with Crippen molar-refractivity contribution in [2.24, 2.45) is 0 Å². The van der Waals surface area contributed by atoms with Crippen LogP contribution in [0.15, 0.2) is 66.7 Å². The number of aromatic hydroxyl groups is 1. The molecule has 4 rings (SSSR count). The van der Waals surface area contributed by atoms with Crippen LogP contribution in [0.5, 0.6) is 5.75 Å². The Morgan fingerprint density at radius 3 is 1.92 bits per heavy atom. The average Bonchev–Trinajstić information content (AvgIpc) is 2.64. The Balaban J connectivity index is 0.000000160. The van der Waals surface area contributed by atoms with Gasteiger partial charge in [0.1, 0.15) is 5.75 Å². The van der Waals surface area contributed by atoms with Gasteiger partial charge in [0.15, 0.2) is 0 Å². The second-order valence-corrected chi connectivity index (χ2v) is 5.79. The van der Waals surface area contributed by atoms with Crippen LogP contribution >= 0.6 is 0 Å². The highest BCUT2D eigenvalue weighted by atomic mass is 16.3. The molecule has 0 saturated carbocycles. The second kappa shape index (κ2) is 8.76. The molecule has 0 atom stereocenters. The maximum absolute atomic E-state index is 9.26. The van der Waals surface area contributed by atoms with Crippen molar-refractivity contribution < 1.29 is 5.11 Å². The first kappa shape index (κ1) is 17.6. The lowest BCUT2D eigenvalue weighted by Gasteiger charge is -2.24. The van der Waals surface area contributed by atoms with Gasteiger partial charge in [-0.05, 0) is 47.5 Å². The van der Waals surface area contributed by atoms with Gasteiger partial charge < -0.3 is 10.0 Å². The van der Waals surface area contributed by atoms with Crippen LogP contribution in [0.3, 0.4) is 0 Å². The Hall–Kier alpha value is -2.76. The molecule has 0 fully saturated rings. The predicted octanol–water partition coefficient (Wildman–Crippen LogP) is 4.47. The number of hydrogen-bond acceptors (Lipinski definition) is 2. The largest absolute Gasteiger partial charge is 0.508 e. The minimum atomic E-state index is 0.379. The molecule has 1 heterocycles. The predicted molar refractivity (Wildman–Crippen MR) is 102 cm³/mol. The number of nitrogens with zero attached hydrogens (tertiary/aromatic N) is 1. The van der Waals surface area contributed by atoms with Crippen molar-refractivity contribution in [3.05, 3.63) is 77.9 Å². The highest BCUT2D eigenvalue weighted by molar-refractivity contribution is 5.81. The Morgan fingerprint density at radius 2 is 1.38 bits per heavy atom. The van der Waals surface area contributed by atoms with E-state index >= 15 is 0 Å². The molecule has 0 bridgehead atoms. The van der Waals surface area contributed by atoms with E-state index < -0.39 is 0 Å². The fraction of sp³-hybridized carbons (Fsp3) is 0.182. The molecule has 3 aromatic carbocycles. The van der Waals surface area contributed by atoms with E-state index in [-0.39, 0.29) is 0 Å². The summed E-state index contributed by atoms with van der Waals surface area (Å²) in [7, 11) is 2.10. The van der Waals surface area contributed by atoms with Crippen molar-refractivity contribution in [2.75, 3.05) is 13.6 Å². The van der Waals surface area contributed by atoms with Crippen LogP contribution in [0.1, 0.15) is 11.1 Å². The van der Waals surface area contributed by atoms with Crippen LogP contribution in [-0.4, -0.2) is 23.6 Å². The molecule has 1 aliphatic rings. The lowest BCUT2D eigenvalue weighted by molar-refractivity contribution is 0.312. The summed E-state index contributed by atoms with van der Waals surface area (Å²) in [4.78, 5) is 2.27. The van der Waals surface area contributed by atoms with Gasteiger partial charge in [-0.3, -0.25) is 0 Å². The third-order valence-electron chi connectivity index (χ3n) is 4.05. The van der Waals surface area contributed by atoms with Crippen LogP contribution in [0.25, 0.3) is 10.8 Å². The molecule has 0 aromatic heterocycles. The number of phenolic OH excluding ortho intramolecular Hbond substituents is 1. The van der Waals surface area contributed by atoms with Gasteiger partial charge in [0.25, 0.3) is 0 Å². The fourth-order valence-electron chi connectivity index (χ4n) is 2.82. The lowest BCUT2D eigenvalue weighted by atomic mass is 10.00. The van der Waals surface area contributed by atoms with Gasteiger partial charge in [-0.1, -0.05) is 54.6 Å². The maximum Gasteiger partial charge on any atom is 0.115 e. The number of hydrogen-bond donors (Lipinski definition) is 1. The van der Waals surface area contributed by atoms with Gasteiger partial charge in [-0.15, -0.1) is 12.8 Å². The standard InChI is InChI=1S/C10H13NO.C10H8.C2H2/c1-11-5-4-8-2-3-10(12)6-9(8)7-11;1-2-6-10-8-4-3-7-9(10)5-1;1-2/h2-3,6,12H,4-5,7H2,1H3;1-8H;1-2H. The first-order valence-electron chi connectivity index (χ1n) is 7.99. The SMILES string of the molecule is C#C.CN1CCc2ccc(O)cc2C1.c1ccc2ccccc2c1. The smallest absolute Gasteiger partial charge is 0.115 e. The summed E-state index contributed by atoms with van der Waals surface area (Å²) in [5.41, 5.74) is 2.65. The molecule has 3 aromatic rings. The van der Waals surface area contributed by atoms with E-state index in [4.69, 9.17) is 0 Å². The summed E-state index contributed by atoms with van der Waals surface area (Å²) in [6.07, 6.45) is 9.10. The summed E-state index contributed by atoms with van der Waals surface area (Å²) < 4.78 is 0. The Morgan fingerprint density at radius 1 is 0.833 bits per heavy atom. The van der Waals surface area contributed by atoms with E-state index in [1.807, 2.05) is 12.1 Å². The number of phenols is 1. The molecule has 1 N–H and O–H groups in total. The highest BCUT2D eigenvalue weighted by Gasteiger charge is 2.12. The van der Waals surface area contributed by atoms with Crippen LogP contribution in [0, 0.1) is 12.8 Å². The Labute approximate surface area is 144 Å². The third-order valence-corrected chi connectivity index (χ3v) is 4.05. The zero-order valence-corrected chi connectivity index (χ0v) is 14.0. The normalized spacial score (nSPS) is 13.0. The van der Waals surface area contributed by atoms with Gasteiger partial charge in [-0.2, -0.15) is 0 Å². The van der Waals surface area contributed by atoms with Crippen molar-refractivity contribution in [2.45, 2.75) is 13.0 Å². The second-order valence-electron chi connectivity index (χ2n) is 5.79. The molecule has 2 heteroatoms. The highest BCUT2D eigenvalue weighted by Crippen LogP contribution is 2.21. The number of rotatable bonds is 0. The minimum absolute atomic E-state index is 0.379. The molecule has 0 aliphatic carbocycles. The molecular weight excluding hydrogens is 294 g/mol. The Kier molecular flexibility index (Phi) is 6.42. The topological polar surface area (TPSA) is 23.5 Å². The first-order valence-corrected chi connectivity index (χ1v) is 7.99. The van der Waals surface area contributed by atoms with Crippen molar-refractivity contribution in [1.82, 2.24) is 4.90 Å². The van der Waals surface area contributed by atoms with E-state index in [1.54, 1.807) is 6.07 Å². The van der Waals surface area contributed by atoms with Crippen molar-refractivity contribution in [1.29, 1.82) is 0 Å². The third kappa shape index (κ3) is 4.62. The average molecular weight is 317 g/mol. The van der Waals surface area contributed by atoms with Gasteiger partial charge in [0.2, 0.25) is 0 Å². The first-order chi connectivity index (χ1) is 11.7. The van der Waals surface area contributed by atoms with Crippen LogP contribution in [0.2, 0.25) is 0 Å². The van der Waals surface area contributed by atoms with Gasteiger partial charge in [-0.25, -0.2) is 0 Å². The maximum atomic E-state index is 9.26. The van der Waals surface area contributed by atoms with Crippen LogP contribution < -0.4 is 0 Å². The lowest BCUT2D eigenvalue weighted by Crippen LogP contribution is -2.26. The number of likely N-dealkylation sites (N-methyl/N-ethyl adjacent to an activating group) is 1. The summed E-state index contributed by atoms with van der Waals surface area (Å²) in [5.74, 6) is 0.379. The number of fused-ring (bicyclic) bond motifs is 2. The van der Waals surface area contributed by atoms with E-state index in [1.165, 1.54) is 21.9 Å². The molecular formula is C22H23NO. The van der Waals surface area contributed by atoms with Crippen molar-refractivity contribution >= 4 is 10.8 Å². The minimum Gasteiger partial charge on any atom is -0.508 e. The molecule has 0 unspecified atom stereocenters. The molecule has 1 aliphatic heterocycles. The molecule has 2 nitrogen and oxygen atoms in total. The molecule has 122 valence electrons. The van der Waals surface area contributed by atoms with Gasteiger partial charge in [0.05, 0.1) is 0 Å². The zero-order valence-electron chi connectivity index (χ0n) is 14.0. The summed E-state index contributed by atoms with van der Waals surface area (Å²) in [6.45, 7) is 2.08.